The molecule has 1 unspecified atom stereocenters. The lowest BCUT2D eigenvalue weighted by Crippen LogP contribution is -2.48. The molecule has 196 valence electrons. The number of sulfone groups is 1. The van der Waals surface area contributed by atoms with Crippen molar-refractivity contribution < 1.29 is 17.9 Å². The minimum absolute atomic E-state index is 0.143. The monoisotopic (exact) mass is 563 g/mol. The summed E-state index contributed by atoms with van der Waals surface area (Å²) in [5, 5.41) is 7.23. The maximum atomic E-state index is 12.4. The molecule has 1 aromatic carbocycles. The summed E-state index contributed by atoms with van der Waals surface area (Å²) in [7, 11) is -3.56. The number of carbonyl (C=O) groups excluding carboxylic acids is 1. The van der Waals surface area contributed by atoms with Crippen LogP contribution in [0.15, 0.2) is 65.8 Å². The molecule has 9 nitrogen and oxygen atoms in total. The molecule has 1 amide bonds. The molecular weight excluding hydrogens is 537 g/mol. The highest BCUT2D eigenvalue weighted by Gasteiger charge is 2.38. The van der Waals surface area contributed by atoms with Crippen molar-refractivity contribution in [2.24, 2.45) is 0 Å². The summed E-state index contributed by atoms with van der Waals surface area (Å²) >= 11 is 12.6. The number of anilines is 1. The fourth-order valence-electron chi connectivity index (χ4n) is 3.67. The van der Waals surface area contributed by atoms with Crippen LogP contribution in [0.5, 0.6) is 5.75 Å². The largest absolute Gasteiger partial charge is 0.456 e. The molecule has 1 aliphatic rings. The Morgan fingerprint density at radius 3 is 2.73 bits per heavy atom. The zero-order chi connectivity index (χ0) is 26.8. The fraction of sp³-hybridized carbons (Fsp3) is 0.320. The SMILES string of the molecule is CC(C)(C(=O)NCCn1ccc2ncnc(NC3C=CC(Oc4cccc(Cl)c4)=C(Cl)C3)c21)S(C)(=O)=O. The summed E-state index contributed by atoms with van der Waals surface area (Å²) in [5.74, 6) is 1.20. The van der Waals surface area contributed by atoms with Gasteiger partial charge in [0.05, 0.1) is 16.6 Å². The summed E-state index contributed by atoms with van der Waals surface area (Å²) in [6.07, 6.45) is 8.61. The average molecular weight is 564 g/mol. The summed E-state index contributed by atoms with van der Waals surface area (Å²) in [6.45, 7) is 3.41. The van der Waals surface area contributed by atoms with E-state index in [1.165, 1.54) is 20.2 Å². The van der Waals surface area contributed by atoms with E-state index < -0.39 is 20.5 Å². The summed E-state index contributed by atoms with van der Waals surface area (Å²) in [5.41, 5.74) is 1.49. The van der Waals surface area contributed by atoms with Crippen molar-refractivity contribution in [1.82, 2.24) is 19.9 Å². The Labute approximate surface area is 225 Å². The molecule has 12 heteroatoms. The Bertz CT molecular complexity index is 1500. The first-order valence-corrected chi connectivity index (χ1v) is 14.1. The van der Waals surface area contributed by atoms with Gasteiger partial charge in [-0.2, -0.15) is 0 Å². The normalized spacial score (nSPS) is 16.2. The molecule has 1 atom stereocenters. The van der Waals surface area contributed by atoms with Crippen LogP contribution in [-0.2, 0) is 21.2 Å². The molecule has 3 aromatic rings. The minimum atomic E-state index is -3.56. The first-order chi connectivity index (χ1) is 17.5. The lowest BCUT2D eigenvalue weighted by molar-refractivity contribution is -0.122. The van der Waals surface area contributed by atoms with Crippen LogP contribution in [0, 0.1) is 0 Å². The van der Waals surface area contributed by atoms with Crippen molar-refractivity contribution in [3.05, 3.63) is 70.8 Å². The third kappa shape index (κ3) is 6.08. The van der Waals surface area contributed by atoms with E-state index >= 15 is 0 Å². The molecule has 4 rings (SSSR count). The first-order valence-electron chi connectivity index (χ1n) is 11.5. The molecule has 0 fully saturated rings. The van der Waals surface area contributed by atoms with Crippen molar-refractivity contribution in [2.45, 2.75) is 37.6 Å². The fourth-order valence-corrected chi connectivity index (χ4v) is 4.53. The van der Waals surface area contributed by atoms with E-state index in [0.717, 1.165) is 17.3 Å². The lowest BCUT2D eigenvalue weighted by atomic mass is 10.1. The van der Waals surface area contributed by atoms with Crippen LogP contribution >= 0.6 is 23.2 Å². The first kappa shape index (κ1) is 27.0. The highest BCUT2D eigenvalue weighted by Crippen LogP contribution is 2.29. The van der Waals surface area contributed by atoms with Crippen molar-refractivity contribution in [1.29, 1.82) is 0 Å². The highest BCUT2D eigenvalue weighted by molar-refractivity contribution is 7.92. The Balaban J connectivity index is 1.44. The molecule has 0 bridgehead atoms. The van der Waals surface area contributed by atoms with Crippen LogP contribution in [0.4, 0.5) is 5.82 Å². The predicted molar refractivity (Wildman–Crippen MR) is 146 cm³/mol. The van der Waals surface area contributed by atoms with Gasteiger partial charge < -0.3 is 19.9 Å². The van der Waals surface area contributed by atoms with Crippen molar-refractivity contribution >= 4 is 55.8 Å². The van der Waals surface area contributed by atoms with E-state index in [1.807, 2.05) is 22.9 Å². The molecule has 37 heavy (non-hydrogen) atoms. The van der Waals surface area contributed by atoms with Crippen molar-refractivity contribution in [3.8, 4) is 5.75 Å². The number of nitrogens with one attached hydrogen (secondary N) is 2. The third-order valence-corrected chi connectivity index (χ3v) is 8.77. The summed E-state index contributed by atoms with van der Waals surface area (Å²) in [6, 6.07) is 8.80. The topological polar surface area (TPSA) is 115 Å². The number of carbonyl (C=O) groups is 1. The number of fused-ring (bicyclic) bond motifs is 1. The van der Waals surface area contributed by atoms with E-state index in [9.17, 15) is 13.2 Å². The van der Waals surface area contributed by atoms with Crippen LogP contribution in [0.1, 0.15) is 20.3 Å². The standard InChI is InChI=1S/C25H27Cl2N5O4S/c1-25(2,37(3,34)35)24(33)28-10-12-32-11-9-20-22(32)23(30-15-29-20)31-17-7-8-21(19(27)14-17)36-18-6-4-5-16(26)13-18/h4-9,11,13,15,17H,10,12,14H2,1-3H3,(H,28,33)(H,29,30,31). The van der Waals surface area contributed by atoms with E-state index in [4.69, 9.17) is 27.9 Å². The zero-order valence-corrected chi connectivity index (χ0v) is 22.9. The molecule has 0 spiro atoms. The van der Waals surface area contributed by atoms with E-state index in [1.54, 1.807) is 30.3 Å². The van der Waals surface area contributed by atoms with Crippen molar-refractivity contribution in [3.63, 3.8) is 0 Å². The van der Waals surface area contributed by atoms with Gasteiger partial charge in [0.15, 0.2) is 15.7 Å². The summed E-state index contributed by atoms with van der Waals surface area (Å²) < 4.78 is 30.1. The van der Waals surface area contributed by atoms with Crippen molar-refractivity contribution in [2.75, 3.05) is 18.1 Å². The number of nitrogens with zero attached hydrogens (tertiary/aromatic N) is 3. The van der Waals surface area contributed by atoms with Gasteiger partial charge in [-0.3, -0.25) is 4.79 Å². The zero-order valence-electron chi connectivity index (χ0n) is 20.5. The second-order valence-electron chi connectivity index (χ2n) is 9.15. The van der Waals surface area contributed by atoms with Crippen LogP contribution in [0.3, 0.4) is 0 Å². The quantitative estimate of drug-likeness (QED) is 0.399. The lowest BCUT2D eigenvalue weighted by Gasteiger charge is -2.22. The second-order valence-corrected chi connectivity index (χ2v) is 12.6. The van der Waals surface area contributed by atoms with E-state index in [2.05, 4.69) is 20.6 Å². The number of benzene rings is 1. The average Bonchev–Trinajstić information content (AvgIpc) is 3.24. The molecular formula is C25H27Cl2N5O4S. The molecule has 0 aliphatic heterocycles. The van der Waals surface area contributed by atoms with Gasteiger partial charge in [-0.1, -0.05) is 35.3 Å². The predicted octanol–water partition coefficient (Wildman–Crippen LogP) is 4.29. The molecule has 1 aliphatic carbocycles. The van der Waals surface area contributed by atoms with Gasteiger partial charge in [0.1, 0.15) is 28.1 Å². The van der Waals surface area contributed by atoms with Gasteiger partial charge in [-0.25, -0.2) is 18.4 Å². The number of rotatable bonds is 9. The van der Waals surface area contributed by atoms with E-state index in [-0.39, 0.29) is 12.6 Å². The Morgan fingerprint density at radius 2 is 2.03 bits per heavy atom. The molecule has 0 saturated heterocycles. The Morgan fingerprint density at radius 1 is 1.24 bits per heavy atom. The molecule has 2 aromatic heterocycles. The molecule has 0 saturated carbocycles. The minimum Gasteiger partial charge on any atom is -0.456 e. The number of hydrogen-bond donors (Lipinski definition) is 2. The van der Waals surface area contributed by atoms with Gasteiger partial charge in [-0.05, 0) is 44.2 Å². The van der Waals surface area contributed by atoms with Gasteiger partial charge in [-0.15, -0.1) is 0 Å². The smallest absolute Gasteiger partial charge is 0.240 e. The number of ether oxygens (including phenoxy) is 1. The Hall–Kier alpha value is -3.08. The summed E-state index contributed by atoms with van der Waals surface area (Å²) in [4.78, 5) is 21.2. The number of aromatic nitrogens is 3. The van der Waals surface area contributed by atoms with Gasteiger partial charge in [0, 0.05) is 37.0 Å². The van der Waals surface area contributed by atoms with Gasteiger partial charge >= 0.3 is 0 Å². The molecule has 0 radical (unpaired) electrons. The Kier molecular flexibility index (Phi) is 7.82. The van der Waals surface area contributed by atoms with Crippen LogP contribution in [-0.4, -0.2) is 52.4 Å². The van der Waals surface area contributed by atoms with Gasteiger partial charge in [0.2, 0.25) is 5.91 Å². The van der Waals surface area contributed by atoms with Crippen LogP contribution in [0.2, 0.25) is 5.02 Å². The maximum absolute atomic E-state index is 12.4. The van der Waals surface area contributed by atoms with E-state index in [0.29, 0.717) is 40.3 Å². The number of allylic oxidation sites excluding steroid dienone is 1. The van der Waals surface area contributed by atoms with Gasteiger partial charge in [0.25, 0.3) is 0 Å². The second kappa shape index (κ2) is 10.7. The number of amides is 1. The molecule has 2 N–H and O–H groups in total. The highest BCUT2D eigenvalue weighted by atomic mass is 35.5. The third-order valence-electron chi connectivity index (χ3n) is 6.15. The number of halogens is 2. The van der Waals surface area contributed by atoms with Crippen LogP contribution in [0.25, 0.3) is 11.0 Å². The molecule has 2 heterocycles. The van der Waals surface area contributed by atoms with Crippen LogP contribution < -0.4 is 15.4 Å². The number of hydrogen-bond acceptors (Lipinski definition) is 7. The maximum Gasteiger partial charge on any atom is 0.240 e.